The molecule has 6 heteroatoms. The van der Waals surface area contributed by atoms with Crippen LogP contribution < -0.4 is 4.74 Å². The lowest BCUT2D eigenvalue weighted by Gasteiger charge is -2.06. The summed E-state index contributed by atoms with van der Waals surface area (Å²) in [6.45, 7) is 2.12. The molecule has 0 amide bonds. The number of terminal acetylenes is 1. The molecule has 6 nitrogen and oxygen atoms in total. The second-order valence-corrected chi connectivity index (χ2v) is 6.14. The summed E-state index contributed by atoms with van der Waals surface area (Å²) < 4.78 is 5.31. The zero-order valence-electron chi connectivity index (χ0n) is 14.1. The van der Waals surface area contributed by atoms with Crippen LogP contribution in [0.1, 0.15) is 12.5 Å². The van der Waals surface area contributed by atoms with Gasteiger partial charge in [0.1, 0.15) is 18.1 Å². The third kappa shape index (κ3) is 2.91. The van der Waals surface area contributed by atoms with Crippen LogP contribution in [-0.4, -0.2) is 21.9 Å². The van der Waals surface area contributed by atoms with Crippen molar-refractivity contribution in [1.29, 1.82) is 0 Å². The lowest BCUT2D eigenvalue weighted by Crippen LogP contribution is -2.01. The second-order valence-electron chi connectivity index (χ2n) is 6.14. The summed E-state index contributed by atoms with van der Waals surface area (Å²) in [5, 5.41) is 25.8. The number of aromatic nitrogens is 2. The average Bonchev–Trinajstić information content (AvgIpc) is 3.22. The third-order valence-corrected chi connectivity index (χ3v) is 4.27. The first-order valence-corrected chi connectivity index (χ1v) is 8.09. The predicted molar refractivity (Wildman–Crippen MR) is 97.7 cm³/mol. The van der Waals surface area contributed by atoms with Crippen LogP contribution in [0.3, 0.4) is 0 Å². The number of ether oxygens (including phenoxy) is 1. The minimum absolute atomic E-state index is 0.0782. The number of nitrogens with one attached hydrogen (secondary N) is 1. The van der Waals surface area contributed by atoms with Gasteiger partial charge in [-0.1, -0.05) is 24.1 Å². The first-order valence-electron chi connectivity index (χ1n) is 8.09. The summed E-state index contributed by atoms with van der Waals surface area (Å²) in [6, 6.07) is 14.9. The topological polar surface area (TPSA) is 82.9 Å². The van der Waals surface area contributed by atoms with Crippen LogP contribution in [0.2, 0.25) is 0 Å². The fraction of sp³-hybridized carbons (Fsp3) is 0.150. The lowest BCUT2D eigenvalue weighted by molar-refractivity contribution is 0.367. The van der Waals surface area contributed by atoms with E-state index < -0.39 is 5.66 Å². The van der Waals surface area contributed by atoms with Crippen molar-refractivity contribution < 1.29 is 9.84 Å². The molecule has 0 bridgehead atoms. The van der Waals surface area contributed by atoms with E-state index in [2.05, 4.69) is 26.3 Å². The Morgan fingerprint density at radius 1 is 1.19 bits per heavy atom. The molecular formula is C20H16N4O2. The Hall–Kier alpha value is -3.59. The molecule has 128 valence electrons. The molecule has 4 rings (SSSR count). The maximum atomic E-state index is 10.3. The van der Waals surface area contributed by atoms with Crippen molar-refractivity contribution in [1.82, 2.24) is 10.2 Å². The zero-order valence-corrected chi connectivity index (χ0v) is 14.1. The van der Waals surface area contributed by atoms with Gasteiger partial charge >= 0.3 is 0 Å². The van der Waals surface area contributed by atoms with E-state index in [9.17, 15) is 5.11 Å². The molecule has 0 saturated heterocycles. The molecular weight excluding hydrogens is 328 g/mol. The van der Waals surface area contributed by atoms with Crippen molar-refractivity contribution in [2.45, 2.75) is 12.6 Å². The normalized spacial score (nSPS) is 14.0. The van der Waals surface area contributed by atoms with E-state index in [0.29, 0.717) is 17.0 Å². The number of benzene rings is 2. The number of nitrogens with zero attached hydrogens (tertiary/aromatic N) is 3. The molecule has 0 unspecified atom stereocenters. The van der Waals surface area contributed by atoms with Crippen molar-refractivity contribution in [2.75, 3.05) is 6.61 Å². The highest BCUT2D eigenvalue weighted by molar-refractivity contribution is 5.73. The Bertz CT molecular complexity index is 1040. The van der Waals surface area contributed by atoms with Crippen molar-refractivity contribution in [2.24, 2.45) is 10.2 Å². The molecule has 0 atom stereocenters. The fourth-order valence-corrected chi connectivity index (χ4v) is 2.72. The van der Waals surface area contributed by atoms with Gasteiger partial charge in [-0.25, -0.2) is 0 Å². The third-order valence-electron chi connectivity index (χ3n) is 4.27. The van der Waals surface area contributed by atoms with Gasteiger partial charge in [0.15, 0.2) is 0 Å². The summed E-state index contributed by atoms with van der Waals surface area (Å²) in [6.07, 6.45) is 5.17. The summed E-state index contributed by atoms with van der Waals surface area (Å²) in [7, 11) is 0. The van der Waals surface area contributed by atoms with Crippen molar-refractivity contribution in [3.63, 3.8) is 0 Å². The summed E-state index contributed by atoms with van der Waals surface area (Å²) in [4.78, 5) is 0. The molecule has 2 N–H and O–H groups in total. The number of H-pyrrole nitrogens is 1. The summed E-state index contributed by atoms with van der Waals surface area (Å²) in [5.41, 5.74) is 3.68. The van der Waals surface area contributed by atoms with Gasteiger partial charge in [0.05, 0.1) is 11.4 Å². The SMILES string of the molecule is C#CCOc1ccc(-c2cc(-c3cccc(C4(C)N=N4)c3)[nH]n2)c(O)c1. The van der Waals surface area contributed by atoms with Crippen LogP contribution in [0.15, 0.2) is 58.8 Å². The van der Waals surface area contributed by atoms with Gasteiger partial charge in [-0.2, -0.15) is 15.3 Å². The number of aromatic hydroxyl groups is 1. The Kier molecular flexibility index (Phi) is 3.70. The van der Waals surface area contributed by atoms with Crippen LogP contribution >= 0.6 is 0 Å². The van der Waals surface area contributed by atoms with E-state index in [1.54, 1.807) is 12.1 Å². The highest BCUT2D eigenvalue weighted by Gasteiger charge is 2.36. The zero-order chi connectivity index (χ0) is 18.1. The minimum Gasteiger partial charge on any atom is -0.507 e. The number of phenolic OH excluding ortho intramolecular Hbond substituents is 1. The van der Waals surface area contributed by atoms with Gasteiger partial charge in [0, 0.05) is 17.2 Å². The quantitative estimate of drug-likeness (QED) is 0.684. The number of hydrogen-bond acceptors (Lipinski definition) is 5. The van der Waals surface area contributed by atoms with Crippen molar-refractivity contribution in [3.05, 3.63) is 54.1 Å². The Morgan fingerprint density at radius 2 is 2.04 bits per heavy atom. The average molecular weight is 344 g/mol. The van der Waals surface area contributed by atoms with Crippen LogP contribution in [0, 0.1) is 12.3 Å². The number of aromatic amines is 1. The van der Waals surface area contributed by atoms with E-state index in [4.69, 9.17) is 11.2 Å². The van der Waals surface area contributed by atoms with Gasteiger partial charge in [-0.3, -0.25) is 5.10 Å². The highest BCUT2D eigenvalue weighted by atomic mass is 16.5. The first kappa shape index (κ1) is 15.9. The molecule has 0 aliphatic carbocycles. The predicted octanol–water partition coefficient (Wildman–Crippen LogP) is 4.10. The highest BCUT2D eigenvalue weighted by Crippen LogP contribution is 2.40. The van der Waals surface area contributed by atoms with Crippen LogP contribution in [0.4, 0.5) is 0 Å². The van der Waals surface area contributed by atoms with E-state index in [1.807, 2.05) is 37.3 Å². The largest absolute Gasteiger partial charge is 0.507 e. The molecule has 2 heterocycles. The molecule has 0 radical (unpaired) electrons. The maximum Gasteiger partial charge on any atom is 0.213 e. The fourth-order valence-electron chi connectivity index (χ4n) is 2.72. The molecule has 0 spiro atoms. The monoisotopic (exact) mass is 344 g/mol. The van der Waals surface area contributed by atoms with E-state index in [-0.39, 0.29) is 12.4 Å². The number of rotatable bonds is 5. The van der Waals surface area contributed by atoms with Gasteiger partial charge < -0.3 is 9.84 Å². The van der Waals surface area contributed by atoms with Gasteiger partial charge in [-0.05, 0) is 36.8 Å². The van der Waals surface area contributed by atoms with Crippen LogP contribution in [0.5, 0.6) is 11.5 Å². The minimum atomic E-state index is -0.425. The molecule has 1 aliphatic rings. The molecule has 0 fully saturated rings. The Balaban J connectivity index is 1.62. The molecule has 0 saturated carbocycles. The Labute approximate surface area is 150 Å². The van der Waals surface area contributed by atoms with Crippen molar-refractivity contribution >= 4 is 0 Å². The second kappa shape index (κ2) is 6.05. The molecule has 26 heavy (non-hydrogen) atoms. The maximum absolute atomic E-state index is 10.3. The van der Waals surface area contributed by atoms with E-state index in [0.717, 1.165) is 16.8 Å². The molecule has 1 aromatic heterocycles. The molecule has 2 aromatic carbocycles. The molecule has 1 aliphatic heterocycles. The van der Waals surface area contributed by atoms with E-state index >= 15 is 0 Å². The summed E-state index contributed by atoms with van der Waals surface area (Å²) in [5.74, 6) is 2.98. The van der Waals surface area contributed by atoms with Gasteiger partial charge in [0.25, 0.3) is 0 Å². The van der Waals surface area contributed by atoms with E-state index in [1.165, 1.54) is 6.07 Å². The number of phenols is 1. The van der Waals surface area contributed by atoms with Gasteiger partial charge in [-0.15, -0.1) is 6.42 Å². The van der Waals surface area contributed by atoms with Crippen molar-refractivity contribution in [3.8, 4) is 46.4 Å². The van der Waals surface area contributed by atoms with Crippen LogP contribution in [-0.2, 0) is 5.66 Å². The lowest BCUT2D eigenvalue weighted by atomic mass is 10.0. The van der Waals surface area contributed by atoms with Crippen LogP contribution in [0.25, 0.3) is 22.5 Å². The Morgan fingerprint density at radius 3 is 2.77 bits per heavy atom. The number of hydrogen-bond donors (Lipinski definition) is 2. The van der Waals surface area contributed by atoms with Gasteiger partial charge in [0.2, 0.25) is 5.66 Å². The first-order chi connectivity index (χ1) is 12.6. The molecule has 3 aromatic rings. The summed E-state index contributed by atoms with van der Waals surface area (Å²) >= 11 is 0. The standard InChI is InChI=1S/C20H16N4O2/c1-3-9-26-15-7-8-16(19(25)11-15)18-12-17(21-22-18)13-5-4-6-14(10-13)20(2)23-24-20/h1,4-8,10-12,25H,9H2,2H3,(H,21,22). The smallest absolute Gasteiger partial charge is 0.213 e.